The van der Waals surface area contributed by atoms with Gasteiger partial charge in [0.1, 0.15) is 17.3 Å². The molecule has 0 unspecified atom stereocenters. The summed E-state index contributed by atoms with van der Waals surface area (Å²) >= 11 is 7.09. The summed E-state index contributed by atoms with van der Waals surface area (Å²) in [6, 6.07) is 7.13. The molecule has 0 aliphatic carbocycles. The van der Waals surface area contributed by atoms with Gasteiger partial charge in [-0.15, -0.1) is 11.3 Å². The number of amides is 1. The van der Waals surface area contributed by atoms with Crippen LogP contribution in [0.5, 0.6) is 5.75 Å². The summed E-state index contributed by atoms with van der Waals surface area (Å²) in [6.45, 7) is -2.04. The predicted octanol–water partition coefficient (Wildman–Crippen LogP) is 2.72. The minimum atomic E-state index is -4.55. The maximum Gasteiger partial charge on any atom is 0.422 e. The number of carbonyl (C=O) groups is 1. The monoisotopic (exact) mass is 433 g/mol. The standard InChI is InChI=1S/C15H11ClF3N5O3S/c16-9-3-4-11(27-8-15(17,18)19)10(6-9)20-12(25)7-23-14(26)24(22-21-23)13-2-1-5-28-13/h1-6H,7-8H2,(H,20,25). The van der Waals surface area contributed by atoms with Crippen LogP contribution in [-0.4, -0.2) is 38.5 Å². The lowest BCUT2D eigenvalue weighted by atomic mass is 10.3. The Morgan fingerprint density at radius 2 is 2.07 bits per heavy atom. The van der Waals surface area contributed by atoms with Crippen molar-refractivity contribution in [1.29, 1.82) is 0 Å². The summed E-state index contributed by atoms with van der Waals surface area (Å²) in [4.78, 5) is 24.5. The Hall–Kier alpha value is -2.86. The molecule has 0 atom stereocenters. The zero-order valence-corrected chi connectivity index (χ0v) is 15.4. The number of hydrogen-bond acceptors (Lipinski definition) is 6. The van der Waals surface area contributed by atoms with Crippen molar-refractivity contribution in [2.24, 2.45) is 0 Å². The molecule has 2 aromatic heterocycles. The van der Waals surface area contributed by atoms with Crippen molar-refractivity contribution in [3.05, 3.63) is 51.2 Å². The van der Waals surface area contributed by atoms with E-state index < -0.39 is 30.9 Å². The van der Waals surface area contributed by atoms with E-state index in [9.17, 15) is 22.8 Å². The van der Waals surface area contributed by atoms with Crippen LogP contribution in [0.1, 0.15) is 0 Å². The van der Waals surface area contributed by atoms with Crippen molar-refractivity contribution in [2.45, 2.75) is 12.7 Å². The number of halogens is 4. The third-order valence-corrected chi connectivity index (χ3v) is 4.33. The first-order chi connectivity index (χ1) is 13.2. The third-order valence-electron chi connectivity index (χ3n) is 3.25. The molecule has 0 aliphatic heterocycles. The maximum atomic E-state index is 12.4. The molecular formula is C15H11ClF3N5O3S. The lowest BCUT2D eigenvalue weighted by Gasteiger charge is -2.14. The van der Waals surface area contributed by atoms with Gasteiger partial charge in [-0.1, -0.05) is 11.6 Å². The number of anilines is 1. The van der Waals surface area contributed by atoms with E-state index in [4.69, 9.17) is 11.6 Å². The molecule has 0 fully saturated rings. The number of tetrazole rings is 1. The normalized spacial score (nSPS) is 11.4. The van der Waals surface area contributed by atoms with Crippen molar-refractivity contribution >= 4 is 34.5 Å². The Morgan fingerprint density at radius 3 is 2.75 bits per heavy atom. The lowest BCUT2D eigenvalue weighted by molar-refractivity contribution is -0.153. The van der Waals surface area contributed by atoms with Gasteiger partial charge in [0, 0.05) is 5.02 Å². The van der Waals surface area contributed by atoms with Gasteiger partial charge in [-0.2, -0.15) is 22.5 Å². The Labute approximate surface area is 164 Å². The lowest BCUT2D eigenvalue weighted by Crippen LogP contribution is -2.29. The highest BCUT2D eigenvalue weighted by atomic mass is 35.5. The topological polar surface area (TPSA) is 91.0 Å². The summed E-state index contributed by atoms with van der Waals surface area (Å²) in [7, 11) is 0. The molecule has 3 aromatic rings. The number of rotatable bonds is 6. The molecular weight excluding hydrogens is 423 g/mol. The number of nitrogens with zero attached hydrogens (tertiary/aromatic N) is 4. The summed E-state index contributed by atoms with van der Waals surface area (Å²) in [5, 5.41) is 12.1. The fourth-order valence-electron chi connectivity index (χ4n) is 2.11. The molecule has 1 aromatic carbocycles. The van der Waals surface area contributed by atoms with Gasteiger partial charge < -0.3 is 10.1 Å². The summed E-state index contributed by atoms with van der Waals surface area (Å²) in [5.41, 5.74) is -0.710. The van der Waals surface area contributed by atoms with Gasteiger partial charge in [0.25, 0.3) is 0 Å². The minimum Gasteiger partial charge on any atom is -0.482 e. The summed E-state index contributed by atoms with van der Waals surface area (Å²) in [5.74, 6) is -0.941. The molecule has 0 bridgehead atoms. The van der Waals surface area contributed by atoms with E-state index in [2.05, 4.69) is 20.5 Å². The second-order valence-corrected chi connectivity index (χ2v) is 6.74. The molecule has 0 radical (unpaired) electrons. The van der Waals surface area contributed by atoms with Crippen LogP contribution in [0.2, 0.25) is 5.02 Å². The molecule has 148 valence electrons. The van der Waals surface area contributed by atoms with Gasteiger partial charge in [0.2, 0.25) is 5.91 Å². The van der Waals surface area contributed by atoms with Crippen LogP contribution in [0, 0.1) is 0 Å². The Balaban J connectivity index is 1.73. The maximum absolute atomic E-state index is 12.4. The van der Waals surface area contributed by atoms with Crippen molar-refractivity contribution in [3.63, 3.8) is 0 Å². The van der Waals surface area contributed by atoms with Gasteiger partial charge in [0.05, 0.1) is 5.69 Å². The molecule has 1 N–H and O–H groups in total. The van der Waals surface area contributed by atoms with Crippen LogP contribution >= 0.6 is 22.9 Å². The van der Waals surface area contributed by atoms with E-state index in [1.165, 1.54) is 29.5 Å². The number of hydrogen-bond donors (Lipinski definition) is 1. The number of ether oxygens (including phenoxy) is 1. The minimum absolute atomic E-state index is 0.0690. The Kier molecular flexibility index (Phi) is 5.70. The predicted molar refractivity (Wildman–Crippen MR) is 95.1 cm³/mol. The van der Waals surface area contributed by atoms with Crippen LogP contribution < -0.4 is 15.7 Å². The fraction of sp³-hybridized carbons (Fsp3) is 0.200. The second-order valence-electron chi connectivity index (χ2n) is 5.37. The largest absolute Gasteiger partial charge is 0.482 e. The Bertz CT molecular complexity index is 1030. The van der Waals surface area contributed by atoms with Crippen molar-refractivity contribution in [3.8, 4) is 10.8 Å². The molecule has 0 saturated carbocycles. The van der Waals surface area contributed by atoms with Crippen LogP contribution in [0.3, 0.4) is 0 Å². The van der Waals surface area contributed by atoms with Crippen LogP contribution in [0.15, 0.2) is 40.5 Å². The number of aromatic nitrogens is 4. The molecule has 2 heterocycles. The number of benzene rings is 1. The van der Waals surface area contributed by atoms with Crippen LogP contribution in [-0.2, 0) is 11.3 Å². The van der Waals surface area contributed by atoms with Crippen LogP contribution in [0.25, 0.3) is 5.00 Å². The van der Waals surface area contributed by atoms with Gasteiger partial charge >= 0.3 is 11.9 Å². The van der Waals surface area contributed by atoms with Crippen molar-refractivity contribution < 1.29 is 22.7 Å². The molecule has 0 spiro atoms. The van der Waals surface area contributed by atoms with E-state index in [0.717, 1.165) is 9.36 Å². The number of carbonyl (C=O) groups excluding carboxylic acids is 1. The zero-order chi connectivity index (χ0) is 20.3. The smallest absolute Gasteiger partial charge is 0.422 e. The van der Waals surface area contributed by atoms with Gasteiger partial charge in [-0.05, 0) is 46.1 Å². The SMILES string of the molecule is O=C(Cn1nnn(-c2cccs2)c1=O)Nc1cc(Cl)ccc1OCC(F)(F)F. The van der Waals surface area contributed by atoms with Crippen molar-refractivity contribution in [2.75, 3.05) is 11.9 Å². The van der Waals surface area contributed by atoms with Crippen LogP contribution in [0.4, 0.5) is 18.9 Å². The molecule has 28 heavy (non-hydrogen) atoms. The quantitative estimate of drug-likeness (QED) is 0.645. The number of alkyl halides is 3. The zero-order valence-electron chi connectivity index (χ0n) is 13.8. The van der Waals surface area contributed by atoms with E-state index in [1.807, 2.05) is 0 Å². The van der Waals surface area contributed by atoms with E-state index in [1.54, 1.807) is 17.5 Å². The molecule has 8 nitrogen and oxygen atoms in total. The molecule has 13 heteroatoms. The van der Waals surface area contributed by atoms with E-state index in [-0.39, 0.29) is 16.5 Å². The summed E-state index contributed by atoms with van der Waals surface area (Å²) < 4.78 is 43.6. The van der Waals surface area contributed by atoms with Crippen molar-refractivity contribution in [1.82, 2.24) is 19.8 Å². The average molecular weight is 434 g/mol. The highest BCUT2D eigenvalue weighted by Gasteiger charge is 2.29. The summed E-state index contributed by atoms with van der Waals surface area (Å²) in [6.07, 6.45) is -4.55. The molecule has 1 amide bonds. The van der Waals surface area contributed by atoms with E-state index >= 15 is 0 Å². The molecule has 0 aliphatic rings. The average Bonchev–Trinajstić information content (AvgIpc) is 3.24. The number of nitrogens with one attached hydrogen (secondary N) is 1. The van der Waals surface area contributed by atoms with Gasteiger partial charge in [0.15, 0.2) is 6.61 Å². The Morgan fingerprint density at radius 1 is 1.29 bits per heavy atom. The highest BCUT2D eigenvalue weighted by Crippen LogP contribution is 2.29. The van der Waals surface area contributed by atoms with E-state index in [0.29, 0.717) is 5.00 Å². The first-order valence-corrected chi connectivity index (χ1v) is 8.84. The molecule has 3 rings (SSSR count). The first kappa shape index (κ1) is 19.9. The third kappa shape index (κ3) is 4.89. The molecule has 0 saturated heterocycles. The van der Waals surface area contributed by atoms with Gasteiger partial charge in [-0.25, -0.2) is 4.79 Å². The number of thiophene rings is 1. The first-order valence-electron chi connectivity index (χ1n) is 7.58. The highest BCUT2D eigenvalue weighted by molar-refractivity contribution is 7.12. The fourth-order valence-corrected chi connectivity index (χ4v) is 2.95. The second kappa shape index (κ2) is 8.02. The van der Waals surface area contributed by atoms with Gasteiger partial charge in [-0.3, -0.25) is 4.79 Å².